The number of amides is 1. The molecule has 1 rings (SSSR count). The number of nitrogens with one attached hydrogen (secondary N) is 1. The molecule has 0 aromatic carbocycles. The molecule has 0 aliphatic heterocycles. The quantitative estimate of drug-likeness (QED) is 0.768. The van der Waals surface area contributed by atoms with Crippen molar-refractivity contribution in [2.75, 3.05) is 0 Å². The summed E-state index contributed by atoms with van der Waals surface area (Å²) in [6.07, 6.45) is 1.85. The lowest BCUT2D eigenvalue weighted by atomic mass is 10.1. The van der Waals surface area contributed by atoms with E-state index in [0.29, 0.717) is 5.56 Å². The van der Waals surface area contributed by atoms with Gasteiger partial charge in [-0.05, 0) is 32.4 Å². The third-order valence-electron chi connectivity index (χ3n) is 2.21. The van der Waals surface area contributed by atoms with E-state index in [4.69, 9.17) is 9.84 Å². The molecule has 20 heavy (non-hydrogen) atoms. The molecular weight excluding hydrogens is 264 g/mol. The molecule has 1 aromatic rings. The molecule has 0 unspecified atom stereocenters. The van der Waals surface area contributed by atoms with Gasteiger partial charge in [-0.3, -0.25) is 4.98 Å². The van der Waals surface area contributed by atoms with E-state index in [2.05, 4.69) is 10.3 Å². The second-order valence-corrected chi connectivity index (χ2v) is 5.29. The van der Waals surface area contributed by atoms with E-state index < -0.39 is 23.7 Å². The van der Waals surface area contributed by atoms with Crippen LogP contribution in [0.25, 0.3) is 0 Å². The first-order valence-electron chi connectivity index (χ1n) is 6.02. The molecule has 3 N–H and O–H groups in total. The van der Waals surface area contributed by atoms with Crippen LogP contribution in [0, 0.1) is 0 Å². The lowest BCUT2D eigenvalue weighted by Gasteiger charge is -2.22. The number of aromatic hydroxyl groups is 1. The third-order valence-corrected chi connectivity index (χ3v) is 2.21. The van der Waals surface area contributed by atoms with Crippen LogP contribution in [-0.4, -0.2) is 38.9 Å². The number of carboxylic acid groups (broad SMARTS) is 1. The van der Waals surface area contributed by atoms with Crippen LogP contribution in [0.2, 0.25) is 0 Å². The van der Waals surface area contributed by atoms with E-state index in [1.54, 1.807) is 20.8 Å². The van der Waals surface area contributed by atoms with Crippen LogP contribution < -0.4 is 5.32 Å². The van der Waals surface area contributed by atoms with Gasteiger partial charge in [-0.1, -0.05) is 0 Å². The summed E-state index contributed by atoms with van der Waals surface area (Å²) in [7, 11) is 0. The van der Waals surface area contributed by atoms with Gasteiger partial charge in [0.15, 0.2) is 0 Å². The Morgan fingerprint density at radius 1 is 1.40 bits per heavy atom. The molecule has 7 nitrogen and oxygen atoms in total. The van der Waals surface area contributed by atoms with Gasteiger partial charge < -0.3 is 20.3 Å². The van der Waals surface area contributed by atoms with Crippen molar-refractivity contribution in [3.8, 4) is 5.75 Å². The number of aromatic nitrogens is 1. The number of rotatable bonds is 4. The number of carbonyl (C=O) groups is 2. The molecule has 0 radical (unpaired) electrons. The number of nitrogens with zero attached hydrogens (tertiary/aromatic N) is 1. The van der Waals surface area contributed by atoms with Crippen LogP contribution in [0.1, 0.15) is 26.3 Å². The lowest BCUT2D eigenvalue weighted by molar-refractivity contribution is -0.139. The highest BCUT2D eigenvalue weighted by atomic mass is 16.6. The van der Waals surface area contributed by atoms with Crippen molar-refractivity contribution in [2.24, 2.45) is 0 Å². The fraction of sp³-hybridized carbons (Fsp3) is 0.462. The maximum atomic E-state index is 11.6. The minimum atomic E-state index is -1.20. The number of carbonyl (C=O) groups excluding carboxylic acids is 1. The van der Waals surface area contributed by atoms with Gasteiger partial charge in [0, 0.05) is 12.6 Å². The van der Waals surface area contributed by atoms with Gasteiger partial charge in [0.2, 0.25) is 0 Å². The van der Waals surface area contributed by atoms with E-state index in [-0.39, 0.29) is 12.2 Å². The monoisotopic (exact) mass is 282 g/mol. The number of carboxylic acids is 1. The van der Waals surface area contributed by atoms with Crippen molar-refractivity contribution in [2.45, 2.75) is 38.8 Å². The Bertz CT molecular complexity index is 496. The van der Waals surface area contributed by atoms with Gasteiger partial charge in [-0.25, -0.2) is 9.59 Å². The Labute approximate surface area is 116 Å². The molecule has 0 spiro atoms. The maximum absolute atomic E-state index is 11.6. The van der Waals surface area contributed by atoms with Gasteiger partial charge in [-0.15, -0.1) is 0 Å². The number of pyridine rings is 1. The van der Waals surface area contributed by atoms with Gasteiger partial charge in [0.25, 0.3) is 0 Å². The fourth-order valence-electron chi connectivity index (χ4n) is 1.47. The van der Waals surface area contributed by atoms with Crippen LogP contribution in [-0.2, 0) is 16.0 Å². The van der Waals surface area contributed by atoms with Crippen molar-refractivity contribution in [3.05, 3.63) is 24.0 Å². The molecule has 0 aliphatic rings. The van der Waals surface area contributed by atoms with Gasteiger partial charge in [0.1, 0.15) is 17.4 Å². The molecule has 1 aromatic heterocycles. The summed E-state index contributed by atoms with van der Waals surface area (Å²) < 4.78 is 5.00. The molecule has 110 valence electrons. The minimum absolute atomic E-state index is 0.00399. The maximum Gasteiger partial charge on any atom is 0.408 e. The van der Waals surface area contributed by atoms with E-state index in [1.165, 1.54) is 18.5 Å². The lowest BCUT2D eigenvalue weighted by Crippen LogP contribution is -2.44. The highest BCUT2D eigenvalue weighted by Crippen LogP contribution is 2.11. The molecule has 0 aliphatic carbocycles. The number of ether oxygens (including phenoxy) is 1. The summed E-state index contributed by atoms with van der Waals surface area (Å²) in [6.45, 7) is 5.05. The normalized spacial score (nSPS) is 12.6. The average molecular weight is 282 g/mol. The first-order valence-corrected chi connectivity index (χ1v) is 6.02. The standard InChI is InChI=1S/C13H18N2O5/c1-13(2,3)20-12(19)15-10(11(17)18)5-8-4-9(16)7-14-6-8/h4,6-7,10,16H,5H2,1-3H3,(H,15,19)(H,17,18)/t10-/m0/s1. The number of hydrogen-bond acceptors (Lipinski definition) is 5. The zero-order valence-corrected chi connectivity index (χ0v) is 11.6. The van der Waals surface area contributed by atoms with Crippen molar-refractivity contribution in [1.29, 1.82) is 0 Å². The van der Waals surface area contributed by atoms with E-state index in [0.717, 1.165) is 0 Å². The fourth-order valence-corrected chi connectivity index (χ4v) is 1.47. The summed E-state index contributed by atoms with van der Waals surface area (Å²) in [5.41, 5.74) is -0.215. The number of aliphatic carboxylic acids is 1. The highest BCUT2D eigenvalue weighted by molar-refractivity contribution is 5.80. The Morgan fingerprint density at radius 3 is 2.55 bits per heavy atom. The first kappa shape index (κ1) is 15.7. The highest BCUT2D eigenvalue weighted by Gasteiger charge is 2.24. The van der Waals surface area contributed by atoms with Gasteiger partial charge in [-0.2, -0.15) is 0 Å². The van der Waals surface area contributed by atoms with E-state index in [1.807, 2.05) is 0 Å². The van der Waals surface area contributed by atoms with Gasteiger partial charge >= 0.3 is 12.1 Å². The molecular formula is C13H18N2O5. The summed E-state index contributed by atoms with van der Waals surface area (Å²) in [5.74, 6) is -1.26. The van der Waals surface area contributed by atoms with Gasteiger partial charge in [0.05, 0.1) is 6.20 Å². The topological polar surface area (TPSA) is 109 Å². The van der Waals surface area contributed by atoms with Crippen LogP contribution >= 0.6 is 0 Å². The smallest absolute Gasteiger partial charge is 0.408 e. The number of hydrogen-bond donors (Lipinski definition) is 3. The predicted octanol–water partition coefficient (Wildman–Crippen LogP) is 1.31. The Morgan fingerprint density at radius 2 is 2.05 bits per heavy atom. The van der Waals surface area contributed by atoms with Crippen LogP contribution in [0.15, 0.2) is 18.5 Å². The zero-order chi connectivity index (χ0) is 15.3. The molecule has 0 bridgehead atoms. The van der Waals surface area contributed by atoms with Crippen LogP contribution in [0.3, 0.4) is 0 Å². The second kappa shape index (κ2) is 6.23. The molecule has 0 fully saturated rings. The van der Waals surface area contributed by atoms with Crippen molar-refractivity contribution >= 4 is 12.1 Å². The predicted molar refractivity (Wildman–Crippen MR) is 70.4 cm³/mol. The van der Waals surface area contributed by atoms with Crippen molar-refractivity contribution < 1.29 is 24.5 Å². The SMILES string of the molecule is CC(C)(C)OC(=O)N[C@@H](Cc1cncc(O)c1)C(=O)O. The Hall–Kier alpha value is -2.31. The summed E-state index contributed by atoms with van der Waals surface area (Å²) in [5, 5.41) is 20.6. The molecule has 1 amide bonds. The molecule has 1 heterocycles. The first-order chi connectivity index (χ1) is 9.17. The Balaban J connectivity index is 2.71. The Kier molecular flexibility index (Phi) is 4.90. The average Bonchev–Trinajstić information content (AvgIpc) is 2.25. The van der Waals surface area contributed by atoms with Crippen molar-refractivity contribution in [3.63, 3.8) is 0 Å². The third kappa shape index (κ3) is 5.55. The zero-order valence-electron chi connectivity index (χ0n) is 11.6. The molecule has 1 atom stereocenters. The second-order valence-electron chi connectivity index (χ2n) is 5.29. The largest absolute Gasteiger partial charge is 0.506 e. The van der Waals surface area contributed by atoms with E-state index in [9.17, 15) is 14.7 Å². The molecule has 0 saturated heterocycles. The minimum Gasteiger partial charge on any atom is -0.506 e. The van der Waals surface area contributed by atoms with E-state index >= 15 is 0 Å². The summed E-state index contributed by atoms with van der Waals surface area (Å²) in [4.78, 5) is 26.5. The summed E-state index contributed by atoms with van der Waals surface area (Å²) >= 11 is 0. The van der Waals surface area contributed by atoms with Crippen LogP contribution in [0.4, 0.5) is 4.79 Å². The molecule has 7 heteroatoms. The van der Waals surface area contributed by atoms with Crippen molar-refractivity contribution in [1.82, 2.24) is 10.3 Å². The molecule has 0 saturated carbocycles. The summed E-state index contributed by atoms with van der Waals surface area (Å²) in [6, 6.07) is 0.230. The van der Waals surface area contributed by atoms with Crippen LogP contribution in [0.5, 0.6) is 5.75 Å². The number of alkyl carbamates (subject to hydrolysis) is 1.